The summed E-state index contributed by atoms with van der Waals surface area (Å²) in [4.78, 5) is 0. The van der Waals surface area contributed by atoms with Crippen LogP contribution in [0.1, 0.15) is 31.2 Å². The molecule has 90 valence electrons. The summed E-state index contributed by atoms with van der Waals surface area (Å²) >= 11 is 9.50. The molecule has 16 heavy (non-hydrogen) atoms. The van der Waals surface area contributed by atoms with Gasteiger partial charge in [0.1, 0.15) is 0 Å². The number of hydrogen-bond acceptors (Lipinski definition) is 1. The van der Waals surface area contributed by atoms with Crippen LogP contribution in [0, 0.1) is 0 Å². The normalized spacial score (nSPS) is 10.6. The van der Waals surface area contributed by atoms with Crippen LogP contribution < -0.4 is 5.32 Å². The van der Waals surface area contributed by atoms with Crippen molar-refractivity contribution < 1.29 is 0 Å². The molecule has 1 aromatic carbocycles. The second-order valence-electron chi connectivity index (χ2n) is 3.87. The Bertz CT molecular complexity index is 291. The van der Waals surface area contributed by atoms with Crippen molar-refractivity contribution in [1.29, 1.82) is 0 Å². The van der Waals surface area contributed by atoms with Gasteiger partial charge in [0, 0.05) is 16.9 Å². The minimum Gasteiger partial charge on any atom is -0.313 e. The topological polar surface area (TPSA) is 12.0 Å². The Kier molecular flexibility index (Phi) is 7.91. The van der Waals surface area contributed by atoms with E-state index in [0.717, 1.165) is 23.4 Å². The van der Waals surface area contributed by atoms with Gasteiger partial charge < -0.3 is 5.32 Å². The fourth-order valence-electron chi connectivity index (χ4n) is 1.56. The third-order valence-electron chi connectivity index (χ3n) is 2.51. The highest BCUT2D eigenvalue weighted by molar-refractivity contribution is 9.09. The predicted octanol–water partition coefficient (Wildman–Crippen LogP) is 4.38. The van der Waals surface area contributed by atoms with Gasteiger partial charge in [-0.05, 0) is 31.0 Å². The second kappa shape index (κ2) is 9.03. The van der Waals surface area contributed by atoms with Crippen LogP contribution in [-0.2, 0) is 6.54 Å². The molecular formula is C13H19BrClN. The summed E-state index contributed by atoms with van der Waals surface area (Å²) in [6.07, 6.45) is 5.15. The fourth-order valence-corrected chi connectivity index (χ4v) is 2.16. The zero-order chi connectivity index (χ0) is 11.6. The molecule has 3 heteroatoms. The first kappa shape index (κ1) is 14.0. The number of alkyl halides is 1. The Hall–Kier alpha value is -0.0500. The molecule has 0 aromatic heterocycles. The van der Waals surface area contributed by atoms with E-state index >= 15 is 0 Å². The number of rotatable bonds is 8. The lowest BCUT2D eigenvalue weighted by atomic mass is 10.2. The van der Waals surface area contributed by atoms with Crippen molar-refractivity contribution in [2.75, 3.05) is 11.9 Å². The highest BCUT2D eigenvalue weighted by atomic mass is 79.9. The molecule has 1 nitrogen and oxygen atoms in total. The molecule has 0 saturated carbocycles. The number of hydrogen-bond donors (Lipinski definition) is 1. The molecule has 0 radical (unpaired) electrons. The summed E-state index contributed by atoms with van der Waals surface area (Å²) in [6.45, 7) is 1.95. The maximum atomic E-state index is 6.06. The molecule has 0 fully saturated rings. The molecule has 1 rings (SSSR count). The van der Waals surface area contributed by atoms with Crippen LogP contribution in [0.25, 0.3) is 0 Å². The lowest BCUT2D eigenvalue weighted by Crippen LogP contribution is -2.14. The summed E-state index contributed by atoms with van der Waals surface area (Å²) in [5, 5.41) is 5.40. The Morgan fingerprint density at radius 3 is 2.56 bits per heavy atom. The van der Waals surface area contributed by atoms with Crippen molar-refractivity contribution >= 4 is 27.5 Å². The zero-order valence-electron chi connectivity index (χ0n) is 9.52. The summed E-state index contributed by atoms with van der Waals surface area (Å²) in [5.74, 6) is 0. The van der Waals surface area contributed by atoms with Gasteiger partial charge in [-0.15, -0.1) is 0 Å². The Balaban J connectivity index is 2.05. The van der Waals surface area contributed by atoms with Crippen molar-refractivity contribution in [3.8, 4) is 0 Å². The SMILES string of the molecule is Clc1ccccc1CNCCCCCCBr. The van der Waals surface area contributed by atoms with Crippen LogP contribution in [0.4, 0.5) is 0 Å². The van der Waals surface area contributed by atoms with Crippen LogP contribution in [-0.4, -0.2) is 11.9 Å². The van der Waals surface area contributed by atoms with Gasteiger partial charge in [0.2, 0.25) is 0 Å². The third-order valence-corrected chi connectivity index (χ3v) is 3.44. The number of benzene rings is 1. The molecule has 1 aromatic rings. The smallest absolute Gasteiger partial charge is 0.0450 e. The number of halogens is 2. The van der Waals surface area contributed by atoms with E-state index < -0.39 is 0 Å². The molecule has 1 N–H and O–H groups in total. The predicted molar refractivity (Wildman–Crippen MR) is 75.4 cm³/mol. The number of unbranched alkanes of at least 4 members (excludes halogenated alkanes) is 3. The van der Waals surface area contributed by atoms with Gasteiger partial charge >= 0.3 is 0 Å². The average molecular weight is 305 g/mol. The van der Waals surface area contributed by atoms with Gasteiger partial charge in [0.25, 0.3) is 0 Å². The van der Waals surface area contributed by atoms with E-state index in [2.05, 4.69) is 27.3 Å². The molecule has 0 heterocycles. The molecule has 0 amide bonds. The average Bonchev–Trinajstić information content (AvgIpc) is 2.30. The van der Waals surface area contributed by atoms with Gasteiger partial charge in [-0.3, -0.25) is 0 Å². The van der Waals surface area contributed by atoms with Gasteiger partial charge in [-0.25, -0.2) is 0 Å². The monoisotopic (exact) mass is 303 g/mol. The lowest BCUT2D eigenvalue weighted by molar-refractivity contribution is 0.600. The van der Waals surface area contributed by atoms with Crippen LogP contribution in [0.5, 0.6) is 0 Å². The quantitative estimate of drug-likeness (QED) is 0.555. The highest BCUT2D eigenvalue weighted by Gasteiger charge is 1.97. The minimum absolute atomic E-state index is 0.856. The van der Waals surface area contributed by atoms with E-state index in [0.29, 0.717) is 0 Å². The first-order valence-corrected chi connectivity index (χ1v) is 7.34. The molecule has 0 aliphatic heterocycles. The number of nitrogens with one attached hydrogen (secondary N) is 1. The molecule has 0 aliphatic rings. The summed E-state index contributed by atoms with van der Waals surface area (Å²) in [5.41, 5.74) is 1.18. The highest BCUT2D eigenvalue weighted by Crippen LogP contribution is 2.14. The van der Waals surface area contributed by atoms with Crippen molar-refractivity contribution in [3.05, 3.63) is 34.9 Å². The first-order valence-electron chi connectivity index (χ1n) is 5.84. The van der Waals surface area contributed by atoms with Crippen LogP contribution in [0.15, 0.2) is 24.3 Å². The molecule has 0 aliphatic carbocycles. The van der Waals surface area contributed by atoms with E-state index in [-0.39, 0.29) is 0 Å². The van der Waals surface area contributed by atoms with Gasteiger partial charge in [-0.1, -0.05) is 58.6 Å². The van der Waals surface area contributed by atoms with Gasteiger partial charge in [0.15, 0.2) is 0 Å². The summed E-state index contributed by atoms with van der Waals surface area (Å²) in [7, 11) is 0. The van der Waals surface area contributed by atoms with E-state index in [1.165, 1.54) is 31.2 Å². The largest absolute Gasteiger partial charge is 0.313 e. The van der Waals surface area contributed by atoms with Crippen molar-refractivity contribution in [2.45, 2.75) is 32.2 Å². The maximum Gasteiger partial charge on any atom is 0.0450 e. The molecule has 0 unspecified atom stereocenters. The van der Waals surface area contributed by atoms with Crippen LogP contribution in [0.2, 0.25) is 5.02 Å². The maximum absolute atomic E-state index is 6.06. The Morgan fingerprint density at radius 2 is 1.81 bits per heavy atom. The van der Waals surface area contributed by atoms with Crippen molar-refractivity contribution in [1.82, 2.24) is 5.32 Å². The fraction of sp³-hybridized carbons (Fsp3) is 0.538. The van der Waals surface area contributed by atoms with E-state index in [1.807, 2.05) is 18.2 Å². The van der Waals surface area contributed by atoms with E-state index in [1.54, 1.807) is 0 Å². The van der Waals surface area contributed by atoms with Crippen LogP contribution in [0.3, 0.4) is 0 Å². The standard InChI is InChI=1S/C13H19BrClN/c14-9-5-1-2-6-10-16-11-12-7-3-4-8-13(12)15/h3-4,7-8,16H,1-2,5-6,9-11H2. The third kappa shape index (κ3) is 5.88. The second-order valence-corrected chi connectivity index (χ2v) is 5.07. The molecule has 0 spiro atoms. The van der Waals surface area contributed by atoms with E-state index in [4.69, 9.17) is 11.6 Å². The van der Waals surface area contributed by atoms with Crippen molar-refractivity contribution in [3.63, 3.8) is 0 Å². The van der Waals surface area contributed by atoms with Gasteiger partial charge in [-0.2, -0.15) is 0 Å². The molecule has 0 bridgehead atoms. The van der Waals surface area contributed by atoms with Gasteiger partial charge in [0.05, 0.1) is 0 Å². The summed E-state index contributed by atoms with van der Waals surface area (Å²) in [6, 6.07) is 8.00. The zero-order valence-corrected chi connectivity index (χ0v) is 11.9. The van der Waals surface area contributed by atoms with E-state index in [9.17, 15) is 0 Å². The molecular weight excluding hydrogens is 286 g/mol. The molecule has 0 atom stereocenters. The first-order chi connectivity index (χ1) is 7.84. The van der Waals surface area contributed by atoms with Crippen LogP contribution >= 0.6 is 27.5 Å². The van der Waals surface area contributed by atoms with Crippen molar-refractivity contribution in [2.24, 2.45) is 0 Å². The lowest BCUT2D eigenvalue weighted by Gasteiger charge is -2.06. The molecule has 0 saturated heterocycles. The minimum atomic E-state index is 0.856. The summed E-state index contributed by atoms with van der Waals surface area (Å²) < 4.78 is 0. The Labute approximate surface area is 112 Å². The Morgan fingerprint density at radius 1 is 1.06 bits per heavy atom.